The molecule has 22 heavy (non-hydrogen) atoms. The van der Waals surface area contributed by atoms with Crippen LogP contribution in [0.4, 0.5) is 0 Å². The Hall–Kier alpha value is -0.820. The lowest BCUT2D eigenvalue weighted by Gasteiger charge is -2.37. The summed E-state index contributed by atoms with van der Waals surface area (Å²) in [5.41, 5.74) is 0. The van der Waals surface area contributed by atoms with E-state index in [1.807, 2.05) is 25.2 Å². The highest BCUT2D eigenvalue weighted by Gasteiger charge is 2.30. The van der Waals surface area contributed by atoms with Crippen molar-refractivity contribution >= 4 is 30.1 Å². The largest absolute Gasteiger partial charge is 0.379 e. The molecule has 0 aliphatic carbocycles. The first-order chi connectivity index (χ1) is 10.1. The molecule has 1 atom stereocenters. The normalized spacial score (nSPS) is 16.9. The van der Waals surface area contributed by atoms with E-state index in [2.05, 4.69) is 23.8 Å². The highest BCUT2D eigenvalue weighted by atomic mass is 35.5. The third-order valence-electron chi connectivity index (χ3n) is 3.47. The number of amides is 1. The second-order valence-corrected chi connectivity index (χ2v) is 6.54. The van der Waals surface area contributed by atoms with Gasteiger partial charge in [-0.1, -0.05) is 31.7 Å². The zero-order chi connectivity index (χ0) is 15.2. The molecule has 0 N–H and O–H groups in total. The molecule has 0 bridgehead atoms. The van der Waals surface area contributed by atoms with Gasteiger partial charge in [0.25, 0.3) is 0 Å². The van der Waals surface area contributed by atoms with Gasteiger partial charge in [-0.25, -0.2) is 9.99 Å². The smallest absolute Gasteiger partial charge is 0.250 e. The van der Waals surface area contributed by atoms with Crippen LogP contribution in [0, 0.1) is 5.92 Å². The molecule has 1 aromatic heterocycles. The van der Waals surface area contributed by atoms with E-state index in [0.717, 1.165) is 18.1 Å². The second-order valence-electron chi connectivity index (χ2n) is 5.38. The fourth-order valence-electron chi connectivity index (χ4n) is 2.20. The van der Waals surface area contributed by atoms with Gasteiger partial charge in [0.1, 0.15) is 0 Å². The highest BCUT2D eigenvalue weighted by molar-refractivity contribution is 8.00. The maximum absolute atomic E-state index is 12.8. The van der Waals surface area contributed by atoms with Crippen LogP contribution in [-0.4, -0.2) is 59.5 Å². The molecule has 1 amide bonds. The van der Waals surface area contributed by atoms with Crippen LogP contribution in [0.15, 0.2) is 29.4 Å². The molecule has 0 saturated carbocycles. The maximum Gasteiger partial charge on any atom is 0.250 e. The van der Waals surface area contributed by atoms with Crippen molar-refractivity contribution in [1.82, 2.24) is 15.0 Å². The molecule has 1 aromatic rings. The number of hydrazine groups is 1. The van der Waals surface area contributed by atoms with Gasteiger partial charge in [0.2, 0.25) is 5.91 Å². The summed E-state index contributed by atoms with van der Waals surface area (Å²) in [5, 5.41) is 4.57. The van der Waals surface area contributed by atoms with Gasteiger partial charge in [0, 0.05) is 26.3 Å². The van der Waals surface area contributed by atoms with Crippen LogP contribution in [-0.2, 0) is 9.53 Å². The van der Waals surface area contributed by atoms with Crippen molar-refractivity contribution in [3.63, 3.8) is 0 Å². The number of morpholine rings is 1. The van der Waals surface area contributed by atoms with Gasteiger partial charge in [-0.2, -0.15) is 0 Å². The summed E-state index contributed by atoms with van der Waals surface area (Å²) in [4.78, 5) is 17.1. The number of pyridine rings is 1. The minimum absolute atomic E-state index is 0. The third-order valence-corrected chi connectivity index (χ3v) is 4.95. The molecule has 2 rings (SSSR count). The average molecular weight is 346 g/mol. The van der Waals surface area contributed by atoms with Gasteiger partial charge >= 0.3 is 0 Å². The standard InChI is InChI=1S/C15H23N3O2S.ClH/c1-12(2)14(21-13-6-4-5-7-16-13)15(19)17(3)18-8-10-20-11-9-18;/h4-7,12,14H,8-11H2,1-3H3;1H. The Morgan fingerprint density at radius 3 is 2.59 bits per heavy atom. The summed E-state index contributed by atoms with van der Waals surface area (Å²) in [6.07, 6.45) is 1.76. The first-order valence-electron chi connectivity index (χ1n) is 7.27. The summed E-state index contributed by atoms with van der Waals surface area (Å²) in [7, 11) is 1.85. The minimum atomic E-state index is -0.132. The average Bonchev–Trinajstić information content (AvgIpc) is 2.53. The van der Waals surface area contributed by atoms with Crippen molar-refractivity contribution in [1.29, 1.82) is 0 Å². The van der Waals surface area contributed by atoms with Crippen molar-refractivity contribution in [3.05, 3.63) is 24.4 Å². The number of thioether (sulfide) groups is 1. The van der Waals surface area contributed by atoms with Crippen molar-refractivity contribution in [3.8, 4) is 0 Å². The molecule has 1 unspecified atom stereocenters. The van der Waals surface area contributed by atoms with E-state index in [4.69, 9.17) is 4.74 Å². The fraction of sp³-hybridized carbons (Fsp3) is 0.600. The summed E-state index contributed by atoms with van der Waals surface area (Å²) in [6, 6.07) is 5.78. The molecule has 1 saturated heterocycles. The summed E-state index contributed by atoms with van der Waals surface area (Å²) in [5.74, 6) is 0.371. The predicted octanol–water partition coefficient (Wildman–Crippen LogP) is 2.33. The van der Waals surface area contributed by atoms with E-state index in [1.165, 1.54) is 11.8 Å². The number of carbonyl (C=O) groups is 1. The summed E-state index contributed by atoms with van der Waals surface area (Å²) >= 11 is 1.54. The van der Waals surface area contributed by atoms with E-state index in [1.54, 1.807) is 11.2 Å². The Balaban J connectivity index is 0.00000242. The Morgan fingerprint density at radius 1 is 1.36 bits per heavy atom. The molecule has 1 fully saturated rings. The lowest BCUT2D eigenvalue weighted by Crippen LogP contribution is -2.52. The van der Waals surface area contributed by atoms with Crippen molar-refractivity contribution < 1.29 is 9.53 Å². The van der Waals surface area contributed by atoms with Crippen LogP contribution in [0.25, 0.3) is 0 Å². The number of hydrogen-bond acceptors (Lipinski definition) is 5. The topological polar surface area (TPSA) is 45.7 Å². The second kappa shape index (κ2) is 9.35. The van der Waals surface area contributed by atoms with E-state index in [0.29, 0.717) is 13.2 Å². The molecule has 1 aliphatic heterocycles. The van der Waals surface area contributed by atoms with Crippen LogP contribution in [0.5, 0.6) is 0 Å². The van der Waals surface area contributed by atoms with E-state index in [-0.39, 0.29) is 29.5 Å². The number of rotatable bonds is 5. The molecule has 1 aliphatic rings. The molecule has 7 heteroatoms. The number of carbonyl (C=O) groups excluding carboxylic acids is 1. The van der Waals surface area contributed by atoms with Crippen LogP contribution in [0.1, 0.15) is 13.8 Å². The zero-order valence-electron chi connectivity index (χ0n) is 13.3. The van der Waals surface area contributed by atoms with Gasteiger partial charge in [-0.15, -0.1) is 12.4 Å². The van der Waals surface area contributed by atoms with Gasteiger partial charge < -0.3 is 4.74 Å². The SMILES string of the molecule is CC(C)C(Sc1ccccn1)C(=O)N(C)N1CCOCC1.Cl. The van der Waals surface area contributed by atoms with Crippen LogP contribution in [0.2, 0.25) is 0 Å². The lowest BCUT2D eigenvalue weighted by atomic mass is 10.1. The van der Waals surface area contributed by atoms with Crippen molar-refractivity contribution in [2.75, 3.05) is 33.4 Å². The number of halogens is 1. The predicted molar refractivity (Wildman–Crippen MR) is 91.1 cm³/mol. The summed E-state index contributed by atoms with van der Waals surface area (Å²) < 4.78 is 5.34. The molecular weight excluding hydrogens is 322 g/mol. The molecule has 2 heterocycles. The maximum atomic E-state index is 12.8. The van der Waals surface area contributed by atoms with Crippen molar-refractivity contribution in [2.24, 2.45) is 5.92 Å². The zero-order valence-corrected chi connectivity index (χ0v) is 14.9. The molecule has 0 aromatic carbocycles. The fourth-order valence-corrected chi connectivity index (χ4v) is 3.26. The van der Waals surface area contributed by atoms with Gasteiger partial charge in [0.05, 0.1) is 23.5 Å². The summed E-state index contributed by atoms with van der Waals surface area (Å²) in [6.45, 7) is 7.04. The first-order valence-corrected chi connectivity index (χ1v) is 8.15. The van der Waals surface area contributed by atoms with Crippen LogP contribution < -0.4 is 0 Å². The number of nitrogens with zero attached hydrogens (tertiary/aromatic N) is 3. The van der Waals surface area contributed by atoms with Crippen LogP contribution in [0.3, 0.4) is 0 Å². The molecule has 5 nitrogen and oxygen atoms in total. The molecule has 124 valence electrons. The van der Waals surface area contributed by atoms with Gasteiger partial charge in [-0.05, 0) is 18.1 Å². The molecule has 0 spiro atoms. The van der Waals surface area contributed by atoms with Gasteiger partial charge in [-0.3, -0.25) is 9.80 Å². The Morgan fingerprint density at radius 2 is 2.05 bits per heavy atom. The monoisotopic (exact) mass is 345 g/mol. The highest BCUT2D eigenvalue weighted by Crippen LogP contribution is 2.28. The third kappa shape index (κ3) is 5.12. The van der Waals surface area contributed by atoms with Gasteiger partial charge in [0.15, 0.2) is 0 Å². The Kier molecular flexibility index (Phi) is 8.17. The molecular formula is C15H24ClN3O2S. The van der Waals surface area contributed by atoms with E-state index >= 15 is 0 Å². The number of hydrogen-bond donors (Lipinski definition) is 0. The number of aromatic nitrogens is 1. The first kappa shape index (κ1) is 19.2. The van der Waals surface area contributed by atoms with E-state index in [9.17, 15) is 4.79 Å². The van der Waals surface area contributed by atoms with Crippen molar-refractivity contribution in [2.45, 2.75) is 24.1 Å². The van der Waals surface area contributed by atoms with Crippen LogP contribution >= 0.6 is 24.2 Å². The Bertz CT molecular complexity index is 455. The van der Waals surface area contributed by atoms with E-state index < -0.39 is 0 Å². The Labute approximate surface area is 142 Å². The minimum Gasteiger partial charge on any atom is -0.379 e. The number of ether oxygens (including phenoxy) is 1. The quantitative estimate of drug-likeness (QED) is 0.766. The lowest BCUT2D eigenvalue weighted by molar-refractivity contribution is -0.152. The molecule has 0 radical (unpaired) electrons.